The Labute approximate surface area is 68.8 Å². The summed E-state index contributed by atoms with van der Waals surface area (Å²) in [7, 11) is 0. The molecule has 0 atom stereocenters. The van der Waals surface area contributed by atoms with Gasteiger partial charge in [0.05, 0.1) is 12.7 Å². The van der Waals surface area contributed by atoms with Crippen LogP contribution >= 0.6 is 0 Å². The maximum Gasteiger partial charge on any atom is 0.0683 e. The van der Waals surface area contributed by atoms with E-state index in [1.807, 2.05) is 0 Å². The molecule has 0 saturated heterocycles. The third-order valence-corrected chi connectivity index (χ3v) is 1.70. The third-order valence-electron chi connectivity index (χ3n) is 1.70. The molecule has 62 valence electrons. The molecule has 0 heterocycles. The topological polar surface area (TPSA) is 9.23 Å². The molecule has 1 rings (SSSR count). The maximum absolute atomic E-state index is 5.48. The molecule has 0 bridgehead atoms. The van der Waals surface area contributed by atoms with Crippen LogP contribution in [0.5, 0.6) is 0 Å². The minimum absolute atomic E-state index is 0.349. The standard InChI is InChI=1S/C10H16O/c1-9(2)11-8-10-6-4-3-5-7-10/h3-4,6,9H,5,7-8H2,1-2H3. The van der Waals surface area contributed by atoms with E-state index in [1.165, 1.54) is 18.4 Å². The predicted molar refractivity (Wildman–Crippen MR) is 47.5 cm³/mol. The fraction of sp³-hybridized carbons (Fsp3) is 0.600. The van der Waals surface area contributed by atoms with Crippen LogP contribution in [-0.2, 0) is 4.74 Å². The second-order valence-electron chi connectivity index (χ2n) is 3.15. The Morgan fingerprint density at radius 3 is 2.91 bits per heavy atom. The van der Waals surface area contributed by atoms with Gasteiger partial charge in [0.1, 0.15) is 0 Å². The summed E-state index contributed by atoms with van der Waals surface area (Å²) in [5.74, 6) is 0. The van der Waals surface area contributed by atoms with Crippen molar-refractivity contribution < 1.29 is 4.74 Å². The molecule has 1 nitrogen and oxygen atoms in total. The zero-order valence-electron chi connectivity index (χ0n) is 7.34. The van der Waals surface area contributed by atoms with E-state index in [0.717, 1.165) is 6.61 Å². The van der Waals surface area contributed by atoms with E-state index < -0.39 is 0 Å². The Hall–Kier alpha value is -0.560. The van der Waals surface area contributed by atoms with Gasteiger partial charge in [-0.1, -0.05) is 18.2 Å². The predicted octanol–water partition coefficient (Wildman–Crippen LogP) is 2.69. The fourth-order valence-corrected chi connectivity index (χ4v) is 1.05. The second-order valence-corrected chi connectivity index (χ2v) is 3.15. The van der Waals surface area contributed by atoms with E-state index in [2.05, 4.69) is 32.1 Å². The Kier molecular flexibility index (Phi) is 3.37. The summed E-state index contributed by atoms with van der Waals surface area (Å²) in [6.07, 6.45) is 9.16. The van der Waals surface area contributed by atoms with Gasteiger partial charge in [-0.05, 0) is 32.3 Å². The largest absolute Gasteiger partial charge is 0.374 e. The van der Waals surface area contributed by atoms with Crippen molar-refractivity contribution in [3.05, 3.63) is 23.8 Å². The number of hydrogen-bond acceptors (Lipinski definition) is 1. The molecule has 0 amide bonds. The smallest absolute Gasteiger partial charge is 0.0683 e. The minimum atomic E-state index is 0.349. The van der Waals surface area contributed by atoms with E-state index in [0.29, 0.717) is 6.10 Å². The number of rotatable bonds is 3. The molecule has 0 aliphatic heterocycles. The molecule has 0 saturated carbocycles. The fourth-order valence-electron chi connectivity index (χ4n) is 1.05. The summed E-state index contributed by atoms with van der Waals surface area (Å²) in [6, 6.07) is 0. The SMILES string of the molecule is CC(C)OCC1=CC=CCC1. The van der Waals surface area contributed by atoms with Gasteiger partial charge in [-0.15, -0.1) is 0 Å². The molecule has 0 N–H and O–H groups in total. The molecule has 1 aliphatic carbocycles. The third kappa shape index (κ3) is 3.38. The van der Waals surface area contributed by atoms with Crippen LogP contribution in [0.3, 0.4) is 0 Å². The van der Waals surface area contributed by atoms with Crippen molar-refractivity contribution in [2.75, 3.05) is 6.61 Å². The summed E-state index contributed by atoms with van der Waals surface area (Å²) < 4.78 is 5.48. The minimum Gasteiger partial charge on any atom is -0.374 e. The van der Waals surface area contributed by atoms with Crippen LogP contribution in [0.1, 0.15) is 26.7 Å². The van der Waals surface area contributed by atoms with E-state index in [4.69, 9.17) is 4.74 Å². The Morgan fingerprint density at radius 2 is 2.36 bits per heavy atom. The van der Waals surface area contributed by atoms with Gasteiger partial charge in [-0.2, -0.15) is 0 Å². The van der Waals surface area contributed by atoms with Crippen molar-refractivity contribution in [1.82, 2.24) is 0 Å². The molecule has 0 fully saturated rings. The van der Waals surface area contributed by atoms with Gasteiger partial charge < -0.3 is 4.74 Å². The highest BCUT2D eigenvalue weighted by Gasteiger charge is 2.00. The van der Waals surface area contributed by atoms with Gasteiger partial charge in [-0.25, -0.2) is 0 Å². The summed E-state index contributed by atoms with van der Waals surface area (Å²) in [6.45, 7) is 4.94. The molecular formula is C10H16O. The van der Waals surface area contributed by atoms with Crippen LogP contribution in [0.25, 0.3) is 0 Å². The highest BCUT2D eigenvalue weighted by atomic mass is 16.5. The van der Waals surface area contributed by atoms with E-state index in [-0.39, 0.29) is 0 Å². The monoisotopic (exact) mass is 152 g/mol. The zero-order valence-corrected chi connectivity index (χ0v) is 7.34. The Morgan fingerprint density at radius 1 is 1.55 bits per heavy atom. The van der Waals surface area contributed by atoms with Crippen molar-refractivity contribution >= 4 is 0 Å². The van der Waals surface area contributed by atoms with E-state index >= 15 is 0 Å². The highest BCUT2D eigenvalue weighted by Crippen LogP contribution is 2.12. The summed E-state index contributed by atoms with van der Waals surface area (Å²) >= 11 is 0. The number of allylic oxidation sites excluding steroid dienone is 3. The first-order valence-corrected chi connectivity index (χ1v) is 4.25. The molecule has 0 aromatic rings. The van der Waals surface area contributed by atoms with Crippen LogP contribution in [0.4, 0.5) is 0 Å². The first-order chi connectivity index (χ1) is 5.29. The average molecular weight is 152 g/mol. The first kappa shape index (κ1) is 8.54. The van der Waals surface area contributed by atoms with Crippen LogP contribution in [0, 0.1) is 0 Å². The molecule has 0 aromatic carbocycles. The van der Waals surface area contributed by atoms with Gasteiger partial charge >= 0.3 is 0 Å². The molecule has 0 radical (unpaired) electrons. The van der Waals surface area contributed by atoms with E-state index in [9.17, 15) is 0 Å². The normalized spacial score (nSPS) is 17.2. The average Bonchev–Trinajstić information content (AvgIpc) is 2.03. The van der Waals surface area contributed by atoms with Crippen molar-refractivity contribution in [2.24, 2.45) is 0 Å². The molecule has 1 aliphatic rings. The lowest BCUT2D eigenvalue weighted by Gasteiger charge is -2.11. The zero-order chi connectivity index (χ0) is 8.10. The van der Waals surface area contributed by atoms with Gasteiger partial charge in [-0.3, -0.25) is 0 Å². The van der Waals surface area contributed by atoms with Crippen molar-refractivity contribution in [3.63, 3.8) is 0 Å². The van der Waals surface area contributed by atoms with Gasteiger partial charge in [0.2, 0.25) is 0 Å². The highest BCUT2D eigenvalue weighted by molar-refractivity contribution is 5.17. The van der Waals surface area contributed by atoms with Gasteiger partial charge in [0, 0.05) is 0 Å². The maximum atomic E-state index is 5.48. The Bertz CT molecular complexity index is 166. The number of ether oxygens (including phenoxy) is 1. The lowest BCUT2D eigenvalue weighted by molar-refractivity contribution is 0.0957. The first-order valence-electron chi connectivity index (χ1n) is 4.25. The van der Waals surface area contributed by atoms with Crippen LogP contribution < -0.4 is 0 Å². The summed E-state index contributed by atoms with van der Waals surface area (Å²) in [5, 5.41) is 0. The number of hydrogen-bond donors (Lipinski definition) is 0. The molecular weight excluding hydrogens is 136 g/mol. The van der Waals surface area contributed by atoms with Crippen molar-refractivity contribution in [1.29, 1.82) is 0 Å². The lowest BCUT2D eigenvalue weighted by Crippen LogP contribution is -2.06. The molecule has 0 aromatic heterocycles. The van der Waals surface area contributed by atoms with Crippen LogP contribution in [-0.4, -0.2) is 12.7 Å². The molecule has 11 heavy (non-hydrogen) atoms. The molecule has 0 unspecified atom stereocenters. The van der Waals surface area contributed by atoms with Crippen molar-refractivity contribution in [3.8, 4) is 0 Å². The summed E-state index contributed by atoms with van der Waals surface area (Å²) in [4.78, 5) is 0. The molecule has 0 spiro atoms. The molecule has 1 heteroatoms. The summed E-state index contributed by atoms with van der Waals surface area (Å²) in [5.41, 5.74) is 1.42. The quantitative estimate of drug-likeness (QED) is 0.604. The lowest BCUT2D eigenvalue weighted by atomic mass is 10.1. The Balaban J connectivity index is 2.25. The van der Waals surface area contributed by atoms with Crippen LogP contribution in [0.15, 0.2) is 23.8 Å². The van der Waals surface area contributed by atoms with Gasteiger partial charge in [0.15, 0.2) is 0 Å². The van der Waals surface area contributed by atoms with Gasteiger partial charge in [0.25, 0.3) is 0 Å². The second kappa shape index (κ2) is 4.35. The van der Waals surface area contributed by atoms with Crippen LogP contribution in [0.2, 0.25) is 0 Å². The van der Waals surface area contributed by atoms with E-state index in [1.54, 1.807) is 0 Å². The van der Waals surface area contributed by atoms with Crippen molar-refractivity contribution in [2.45, 2.75) is 32.8 Å².